The molecule has 11 heteroatoms. The Morgan fingerprint density at radius 3 is 2.96 bits per heavy atom. The molecule has 6 N–H and O–H groups in total. The van der Waals surface area contributed by atoms with Gasteiger partial charge in [-0.2, -0.15) is 5.10 Å². The number of hydrogen-bond donors (Lipinski definition) is 5. The summed E-state index contributed by atoms with van der Waals surface area (Å²) in [5, 5.41) is 30.5. The lowest BCUT2D eigenvalue weighted by atomic mass is 10.1. The number of aromatic amines is 1. The Hall–Kier alpha value is -2.60. The molecule has 11 nitrogen and oxygen atoms in total. The highest BCUT2D eigenvalue weighted by molar-refractivity contribution is 5.81. The van der Waals surface area contributed by atoms with Gasteiger partial charge < -0.3 is 26.0 Å². The molecule has 4 heterocycles. The lowest BCUT2D eigenvalue weighted by Crippen LogP contribution is -2.37. The second-order valence-corrected chi connectivity index (χ2v) is 5.84. The van der Waals surface area contributed by atoms with Crippen LogP contribution in [0.2, 0.25) is 0 Å². The lowest BCUT2D eigenvalue weighted by molar-refractivity contribution is -0.0342. The molecule has 0 amide bonds. The molecule has 3 aromatic rings. The zero-order valence-corrected chi connectivity index (χ0v) is 13.1. The fraction of sp³-hybridized carbons (Fsp3) is 0.429. The Balaban J connectivity index is 1.48. The lowest BCUT2D eigenvalue weighted by Gasteiger charge is -2.16. The maximum absolute atomic E-state index is 10.4. The Bertz CT molecular complexity index is 851. The minimum absolute atomic E-state index is 0.245. The van der Waals surface area contributed by atoms with Gasteiger partial charge >= 0.3 is 0 Å². The SMILES string of the molecule is Nc1ncnc2c1ncn2[C@@H]1O[C@H](CNCc2ccn[nH]2)[C@@H](O)[C@H]1O. The fourth-order valence-electron chi connectivity index (χ4n) is 2.92. The fourth-order valence-corrected chi connectivity index (χ4v) is 2.92. The van der Waals surface area contributed by atoms with Gasteiger partial charge in [-0.3, -0.25) is 9.67 Å². The van der Waals surface area contributed by atoms with E-state index in [0.29, 0.717) is 24.3 Å². The summed E-state index contributed by atoms with van der Waals surface area (Å²) in [6, 6.07) is 1.85. The quantitative estimate of drug-likeness (QED) is 0.372. The summed E-state index contributed by atoms with van der Waals surface area (Å²) in [7, 11) is 0. The average Bonchev–Trinajstić information content (AvgIpc) is 3.32. The van der Waals surface area contributed by atoms with Crippen molar-refractivity contribution in [2.24, 2.45) is 0 Å². The van der Waals surface area contributed by atoms with E-state index >= 15 is 0 Å². The second-order valence-electron chi connectivity index (χ2n) is 5.84. The van der Waals surface area contributed by atoms with Crippen molar-refractivity contribution >= 4 is 17.0 Å². The van der Waals surface area contributed by atoms with Crippen molar-refractivity contribution in [3.8, 4) is 0 Å². The number of nitrogens with zero attached hydrogens (tertiary/aromatic N) is 5. The van der Waals surface area contributed by atoms with Crippen molar-refractivity contribution in [3.05, 3.63) is 30.6 Å². The van der Waals surface area contributed by atoms with E-state index in [9.17, 15) is 10.2 Å². The van der Waals surface area contributed by atoms with Crippen LogP contribution in [0, 0.1) is 0 Å². The third-order valence-electron chi connectivity index (χ3n) is 4.22. The van der Waals surface area contributed by atoms with E-state index in [0.717, 1.165) is 5.69 Å². The standard InChI is InChI=1S/C14H18N8O3/c15-12-9-13(18-5-17-12)22(6-19-9)14-11(24)10(23)8(25-14)4-16-3-7-1-2-20-21-7/h1-2,5-6,8,10-11,14,16,23-24H,3-4H2,(H,20,21)(H2,15,17,18)/t8-,10-,11-,14-/m1/s1. The predicted octanol–water partition coefficient (Wildman–Crippen LogP) is -1.46. The number of hydrogen-bond acceptors (Lipinski definition) is 9. The van der Waals surface area contributed by atoms with Gasteiger partial charge in [-0.1, -0.05) is 0 Å². The first-order valence-electron chi connectivity index (χ1n) is 7.78. The first-order chi connectivity index (χ1) is 12.1. The van der Waals surface area contributed by atoms with Gasteiger partial charge in [0.2, 0.25) is 0 Å². The van der Waals surface area contributed by atoms with Gasteiger partial charge in [0.1, 0.15) is 30.2 Å². The molecule has 0 spiro atoms. The number of nitrogens with two attached hydrogens (primary N) is 1. The highest BCUT2D eigenvalue weighted by atomic mass is 16.6. The molecule has 1 fully saturated rings. The van der Waals surface area contributed by atoms with Crippen LogP contribution < -0.4 is 11.1 Å². The van der Waals surface area contributed by atoms with Crippen LogP contribution in [0.4, 0.5) is 5.82 Å². The summed E-state index contributed by atoms with van der Waals surface area (Å²) in [5.74, 6) is 0.245. The third kappa shape index (κ3) is 2.82. The summed E-state index contributed by atoms with van der Waals surface area (Å²) in [4.78, 5) is 12.2. The van der Waals surface area contributed by atoms with Gasteiger partial charge in [-0.05, 0) is 6.07 Å². The van der Waals surface area contributed by atoms with Gasteiger partial charge in [0.25, 0.3) is 0 Å². The molecule has 25 heavy (non-hydrogen) atoms. The number of fused-ring (bicyclic) bond motifs is 1. The van der Waals surface area contributed by atoms with Crippen LogP contribution in [0.15, 0.2) is 24.9 Å². The molecule has 1 aliphatic heterocycles. The number of rotatable bonds is 5. The molecule has 0 bridgehead atoms. The number of ether oxygens (including phenoxy) is 1. The number of anilines is 1. The van der Waals surface area contributed by atoms with Gasteiger partial charge in [-0.25, -0.2) is 15.0 Å². The van der Waals surface area contributed by atoms with Crippen molar-refractivity contribution < 1.29 is 14.9 Å². The maximum Gasteiger partial charge on any atom is 0.167 e. The highest BCUT2D eigenvalue weighted by Crippen LogP contribution is 2.31. The zero-order chi connectivity index (χ0) is 17.4. The van der Waals surface area contributed by atoms with Gasteiger partial charge in [0.05, 0.1) is 6.33 Å². The van der Waals surface area contributed by atoms with E-state index in [1.54, 1.807) is 10.8 Å². The number of nitrogens with one attached hydrogen (secondary N) is 2. The minimum Gasteiger partial charge on any atom is -0.387 e. The maximum atomic E-state index is 10.4. The number of H-pyrrole nitrogens is 1. The molecular formula is C14H18N8O3. The van der Waals surface area contributed by atoms with Crippen LogP contribution in [0.25, 0.3) is 11.2 Å². The Morgan fingerprint density at radius 2 is 2.16 bits per heavy atom. The van der Waals surface area contributed by atoms with E-state index in [1.807, 2.05) is 6.07 Å². The molecule has 0 unspecified atom stereocenters. The molecule has 1 aliphatic rings. The molecule has 0 aliphatic carbocycles. The molecule has 4 rings (SSSR count). The summed E-state index contributed by atoms with van der Waals surface area (Å²) in [5.41, 5.74) is 7.55. The van der Waals surface area contributed by atoms with Crippen molar-refractivity contribution in [2.45, 2.75) is 31.1 Å². The van der Waals surface area contributed by atoms with Crippen LogP contribution in [0.3, 0.4) is 0 Å². The normalized spacial score (nSPS) is 26.5. The summed E-state index contributed by atoms with van der Waals surface area (Å²) in [6.45, 7) is 0.905. The summed E-state index contributed by atoms with van der Waals surface area (Å²) in [6.07, 6.45) is 0.889. The first kappa shape index (κ1) is 15.9. The van der Waals surface area contributed by atoms with Crippen LogP contribution in [0.5, 0.6) is 0 Å². The minimum atomic E-state index is -1.12. The molecular weight excluding hydrogens is 328 g/mol. The first-order valence-corrected chi connectivity index (χ1v) is 7.78. The Labute approximate surface area is 141 Å². The van der Waals surface area contributed by atoms with E-state index < -0.39 is 24.5 Å². The Kier molecular flexibility index (Phi) is 4.05. The van der Waals surface area contributed by atoms with E-state index in [2.05, 4.69) is 30.5 Å². The van der Waals surface area contributed by atoms with Crippen LogP contribution in [-0.4, -0.2) is 64.8 Å². The van der Waals surface area contributed by atoms with Crippen molar-refractivity contribution in [1.29, 1.82) is 0 Å². The topological polar surface area (TPSA) is 160 Å². The van der Waals surface area contributed by atoms with E-state index in [-0.39, 0.29) is 5.82 Å². The molecule has 0 aromatic carbocycles. The van der Waals surface area contributed by atoms with E-state index in [4.69, 9.17) is 10.5 Å². The molecule has 0 radical (unpaired) electrons. The third-order valence-corrected chi connectivity index (χ3v) is 4.22. The number of nitrogen functional groups attached to an aromatic ring is 1. The predicted molar refractivity (Wildman–Crippen MR) is 86.0 cm³/mol. The smallest absolute Gasteiger partial charge is 0.167 e. The molecule has 132 valence electrons. The number of aliphatic hydroxyl groups is 2. The van der Waals surface area contributed by atoms with Crippen molar-refractivity contribution in [1.82, 2.24) is 35.0 Å². The Morgan fingerprint density at radius 1 is 1.28 bits per heavy atom. The van der Waals surface area contributed by atoms with Gasteiger partial charge in [0.15, 0.2) is 17.7 Å². The van der Waals surface area contributed by atoms with Crippen LogP contribution >= 0.6 is 0 Å². The monoisotopic (exact) mass is 346 g/mol. The van der Waals surface area contributed by atoms with E-state index in [1.165, 1.54) is 12.7 Å². The largest absolute Gasteiger partial charge is 0.387 e. The second kappa shape index (κ2) is 6.37. The molecule has 4 atom stereocenters. The van der Waals surface area contributed by atoms with Crippen LogP contribution in [0.1, 0.15) is 11.9 Å². The number of imidazole rings is 1. The molecule has 3 aromatic heterocycles. The number of aliphatic hydroxyl groups excluding tert-OH is 2. The van der Waals surface area contributed by atoms with Gasteiger partial charge in [-0.15, -0.1) is 0 Å². The molecule has 1 saturated heterocycles. The average molecular weight is 346 g/mol. The summed E-state index contributed by atoms with van der Waals surface area (Å²) >= 11 is 0. The summed E-state index contributed by atoms with van der Waals surface area (Å²) < 4.78 is 7.38. The molecule has 0 saturated carbocycles. The van der Waals surface area contributed by atoms with Crippen molar-refractivity contribution in [3.63, 3.8) is 0 Å². The van der Waals surface area contributed by atoms with Gasteiger partial charge in [0, 0.05) is 25.0 Å². The highest BCUT2D eigenvalue weighted by Gasteiger charge is 2.44. The van der Waals surface area contributed by atoms with Crippen LogP contribution in [-0.2, 0) is 11.3 Å². The van der Waals surface area contributed by atoms with Crippen molar-refractivity contribution in [2.75, 3.05) is 12.3 Å². The number of aromatic nitrogens is 6. The zero-order valence-electron chi connectivity index (χ0n) is 13.1.